The monoisotopic (exact) mass is 386 g/mol. The lowest BCUT2D eigenvalue weighted by Gasteiger charge is -2.37. The minimum atomic E-state index is -0.920. The SMILES string of the molecule is CN(c1ccc2c(c1)OCC[C@H]2CN(C(=O)O)C(C)(C)C)c1ccccc1F. The van der Waals surface area contributed by atoms with Crippen molar-refractivity contribution in [3.05, 3.63) is 53.8 Å². The highest BCUT2D eigenvalue weighted by Crippen LogP contribution is 2.39. The summed E-state index contributed by atoms with van der Waals surface area (Å²) in [6.45, 7) is 6.63. The second kappa shape index (κ2) is 7.70. The molecule has 0 unspecified atom stereocenters. The van der Waals surface area contributed by atoms with Crippen LogP contribution in [0, 0.1) is 5.82 Å². The first-order valence-electron chi connectivity index (χ1n) is 9.44. The van der Waals surface area contributed by atoms with Gasteiger partial charge in [-0.3, -0.25) is 0 Å². The molecule has 28 heavy (non-hydrogen) atoms. The number of fused-ring (bicyclic) bond motifs is 1. The number of hydrogen-bond donors (Lipinski definition) is 1. The maximum atomic E-state index is 14.1. The lowest BCUT2D eigenvalue weighted by Crippen LogP contribution is -2.47. The highest BCUT2D eigenvalue weighted by molar-refractivity contribution is 5.67. The fourth-order valence-electron chi connectivity index (χ4n) is 3.57. The van der Waals surface area contributed by atoms with E-state index < -0.39 is 11.6 Å². The normalized spacial score (nSPS) is 16.1. The Balaban J connectivity index is 1.88. The van der Waals surface area contributed by atoms with Gasteiger partial charge >= 0.3 is 6.09 Å². The van der Waals surface area contributed by atoms with Gasteiger partial charge in [-0.05, 0) is 51.0 Å². The van der Waals surface area contributed by atoms with E-state index in [0.29, 0.717) is 18.8 Å². The van der Waals surface area contributed by atoms with Crippen LogP contribution < -0.4 is 9.64 Å². The van der Waals surface area contributed by atoms with Gasteiger partial charge in [0.15, 0.2) is 0 Å². The summed E-state index contributed by atoms with van der Waals surface area (Å²) in [5, 5.41) is 9.61. The van der Waals surface area contributed by atoms with E-state index in [0.717, 1.165) is 23.4 Å². The van der Waals surface area contributed by atoms with E-state index in [2.05, 4.69) is 0 Å². The number of benzene rings is 2. The Hall–Kier alpha value is -2.76. The predicted molar refractivity (Wildman–Crippen MR) is 108 cm³/mol. The number of para-hydroxylation sites is 1. The van der Waals surface area contributed by atoms with Gasteiger partial charge < -0.3 is 19.6 Å². The Morgan fingerprint density at radius 2 is 1.96 bits per heavy atom. The van der Waals surface area contributed by atoms with E-state index in [1.165, 1.54) is 11.0 Å². The third-order valence-electron chi connectivity index (χ3n) is 5.21. The molecule has 0 saturated heterocycles. The molecule has 1 aliphatic rings. The van der Waals surface area contributed by atoms with E-state index in [1.54, 1.807) is 23.1 Å². The Bertz CT molecular complexity index is 863. The van der Waals surface area contributed by atoms with Crippen LogP contribution in [0.2, 0.25) is 0 Å². The van der Waals surface area contributed by atoms with Crippen LogP contribution in [0.25, 0.3) is 0 Å². The molecule has 1 aliphatic heterocycles. The van der Waals surface area contributed by atoms with Crippen molar-refractivity contribution in [3.63, 3.8) is 0 Å². The van der Waals surface area contributed by atoms with E-state index >= 15 is 0 Å². The van der Waals surface area contributed by atoms with Crippen LogP contribution in [-0.2, 0) is 0 Å². The van der Waals surface area contributed by atoms with Gasteiger partial charge in [-0.2, -0.15) is 0 Å². The van der Waals surface area contributed by atoms with E-state index in [1.807, 2.05) is 46.0 Å². The third-order valence-corrected chi connectivity index (χ3v) is 5.21. The van der Waals surface area contributed by atoms with Crippen LogP contribution >= 0.6 is 0 Å². The van der Waals surface area contributed by atoms with Crippen molar-refractivity contribution in [3.8, 4) is 5.75 Å². The molecule has 5 nitrogen and oxygen atoms in total. The average Bonchev–Trinajstić information content (AvgIpc) is 2.64. The summed E-state index contributed by atoms with van der Waals surface area (Å²) >= 11 is 0. The van der Waals surface area contributed by atoms with Crippen LogP contribution in [0.15, 0.2) is 42.5 Å². The number of carboxylic acid groups (broad SMARTS) is 1. The van der Waals surface area contributed by atoms with Crippen molar-refractivity contribution in [2.45, 2.75) is 38.6 Å². The number of carbonyl (C=O) groups is 1. The van der Waals surface area contributed by atoms with Crippen molar-refractivity contribution in [2.24, 2.45) is 0 Å². The Morgan fingerprint density at radius 1 is 1.25 bits per heavy atom. The molecule has 0 aromatic heterocycles. The summed E-state index contributed by atoms with van der Waals surface area (Å²) < 4.78 is 20.0. The molecule has 2 aromatic rings. The van der Waals surface area contributed by atoms with Gasteiger partial charge in [-0.15, -0.1) is 0 Å². The molecular formula is C22H27FN2O3. The van der Waals surface area contributed by atoms with Crippen molar-refractivity contribution < 1.29 is 19.0 Å². The largest absolute Gasteiger partial charge is 0.493 e. The Morgan fingerprint density at radius 3 is 2.61 bits per heavy atom. The number of nitrogens with zero attached hydrogens (tertiary/aromatic N) is 2. The maximum Gasteiger partial charge on any atom is 0.407 e. The fourth-order valence-corrected chi connectivity index (χ4v) is 3.57. The van der Waals surface area contributed by atoms with Crippen molar-refractivity contribution in [1.29, 1.82) is 0 Å². The van der Waals surface area contributed by atoms with Crippen LogP contribution in [-0.4, -0.2) is 41.8 Å². The first-order chi connectivity index (χ1) is 13.2. The van der Waals surface area contributed by atoms with Crippen LogP contribution in [0.3, 0.4) is 0 Å². The summed E-state index contributed by atoms with van der Waals surface area (Å²) in [5.41, 5.74) is 1.82. The molecule has 0 aliphatic carbocycles. The molecule has 0 spiro atoms. The van der Waals surface area contributed by atoms with Crippen LogP contribution in [0.1, 0.15) is 38.7 Å². The molecule has 3 rings (SSSR count). The molecule has 1 N–H and O–H groups in total. The number of anilines is 2. The van der Waals surface area contributed by atoms with Gasteiger partial charge in [-0.1, -0.05) is 18.2 Å². The minimum Gasteiger partial charge on any atom is -0.493 e. The topological polar surface area (TPSA) is 53.0 Å². The number of rotatable bonds is 4. The van der Waals surface area contributed by atoms with E-state index in [9.17, 15) is 14.3 Å². The summed E-state index contributed by atoms with van der Waals surface area (Å²) in [7, 11) is 1.81. The van der Waals surface area contributed by atoms with E-state index in [4.69, 9.17) is 4.74 Å². The molecular weight excluding hydrogens is 359 g/mol. The van der Waals surface area contributed by atoms with Crippen LogP contribution in [0.5, 0.6) is 5.75 Å². The predicted octanol–water partition coefficient (Wildman–Crippen LogP) is 5.24. The first kappa shape index (κ1) is 20.0. The average molecular weight is 386 g/mol. The Kier molecular flexibility index (Phi) is 5.49. The molecule has 1 heterocycles. The number of hydrogen-bond acceptors (Lipinski definition) is 3. The zero-order valence-electron chi connectivity index (χ0n) is 16.8. The van der Waals surface area contributed by atoms with Crippen molar-refractivity contribution >= 4 is 17.5 Å². The zero-order valence-corrected chi connectivity index (χ0v) is 16.8. The quantitative estimate of drug-likeness (QED) is 0.781. The highest BCUT2D eigenvalue weighted by Gasteiger charge is 2.32. The lowest BCUT2D eigenvalue weighted by atomic mass is 9.91. The van der Waals surface area contributed by atoms with Gasteiger partial charge in [0.25, 0.3) is 0 Å². The molecule has 150 valence electrons. The van der Waals surface area contributed by atoms with Gasteiger partial charge in [0.2, 0.25) is 0 Å². The molecule has 1 atom stereocenters. The second-order valence-electron chi connectivity index (χ2n) is 8.13. The van der Waals surface area contributed by atoms with Crippen molar-refractivity contribution in [1.82, 2.24) is 4.90 Å². The molecule has 2 aromatic carbocycles. The summed E-state index contributed by atoms with van der Waals surface area (Å²) in [6, 6.07) is 12.4. The van der Waals surface area contributed by atoms with Gasteiger partial charge in [0, 0.05) is 36.8 Å². The standard InChI is InChI=1S/C22H27FN2O3/c1-22(2,3)25(21(26)27)14-15-11-12-28-20-13-16(9-10-17(15)20)24(4)19-8-6-5-7-18(19)23/h5-10,13,15H,11-12,14H2,1-4H3,(H,26,27)/t15-/m0/s1. The minimum absolute atomic E-state index is 0.0619. The highest BCUT2D eigenvalue weighted by atomic mass is 19.1. The smallest absolute Gasteiger partial charge is 0.407 e. The van der Waals surface area contributed by atoms with Crippen molar-refractivity contribution in [2.75, 3.05) is 25.1 Å². The maximum absolute atomic E-state index is 14.1. The summed E-state index contributed by atoms with van der Waals surface area (Å²) in [6.07, 6.45) is -0.161. The van der Waals surface area contributed by atoms with Gasteiger partial charge in [-0.25, -0.2) is 9.18 Å². The molecule has 6 heteroatoms. The third kappa shape index (κ3) is 4.06. The van der Waals surface area contributed by atoms with Gasteiger partial charge in [0.05, 0.1) is 12.3 Å². The number of halogens is 1. The Labute approximate surface area is 165 Å². The van der Waals surface area contributed by atoms with Gasteiger partial charge in [0.1, 0.15) is 11.6 Å². The van der Waals surface area contributed by atoms with E-state index in [-0.39, 0.29) is 11.7 Å². The number of ether oxygens (including phenoxy) is 1. The molecule has 1 amide bonds. The molecule has 0 saturated carbocycles. The fraction of sp³-hybridized carbons (Fsp3) is 0.409. The lowest BCUT2D eigenvalue weighted by molar-refractivity contribution is 0.0912. The number of amides is 1. The second-order valence-corrected chi connectivity index (χ2v) is 8.13. The molecule has 0 fully saturated rings. The molecule has 0 bridgehead atoms. The van der Waals surface area contributed by atoms with Crippen LogP contribution in [0.4, 0.5) is 20.6 Å². The molecule has 0 radical (unpaired) electrons. The summed E-state index contributed by atoms with van der Waals surface area (Å²) in [4.78, 5) is 15.0. The first-order valence-corrected chi connectivity index (χ1v) is 9.44. The zero-order chi connectivity index (χ0) is 20.5. The summed E-state index contributed by atoms with van der Waals surface area (Å²) in [5.74, 6) is 0.506.